The number of hydrogen-bond acceptors (Lipinski definition) is 4. The van der Waals surface area contributed by atoms with Crippen molar-refractivity contribution in [3.63, 3.8) is 0 Å². The van der Waals surface area contributed by atoms with E-state index in [0.717, 1.165) is 24.1 Å². The molecule has 2 N–H and O–H groups in total. The summed E-state index contributed by atoms with van der Waals surface area (Å²) in [5.41, 5.74) is 2.22. The highest BCUT2D eigenvalue weighted by atomic mass is 32.2. The molecule has 0 atom stereocenters. The molecule has 0 unspecified atom stereocenters. The van der Waals surface area contributed by atoms with E-state index in [-0.39, 0.29) is 17.2 Å². The Labute approximate surface area is 161 Å². The summed E-state index contributed by atoms with van der Waals surface area (Å²) in [6.45, 7) is 3.44. The number of nitrogens with zero attached hydrogens (tertiary/aromatic N) is 1. The molecule has 7 heteroatoms. The third-order valence-electron chi connectivity index (χ3n) is 4.10. The Hall–Kier alpha value is -2.38. The third kappa shape index (κ3) is 6.69. The molecule has 0 aliphatic rings. The predicted octanol–water partition coefficient (Wildman–Crippen LogP) is 2.41. The average molecular weight is 390 g/mol. The number of hydrogen-bond donors (Lipinski definition) is 2. The highest BCUT2D eigenvalue weighted by molar-refractivity contribution is 7.92. The summed E-state index contributed by atoms with van der Waals surface area (Å²) < 4.78 is 27.4. The Morgan fingerprint density at radius 1 is 1.07 bits per heavy atom. The summed E-state index contributed by atoms with van der Waals surface area (Å²) in [5, 5.41) is 2.91. The first-order chi connectivity index (χ1) is 12.8. The lowest BCUT2D eigenvalue weighted by Crippen LogP contribution is -2.28. The van der Waals surface area contributed by atoms with Crippen LogP contribution in [0.4, 0.5) is 5.69 Å². The van der Waals surface area contributed by atoms with Crippen LogP contribution in [0.2, 0.25) is 0 Å². The highest BCUT2D eigenvalue weighted by Gasteiger charge is 2.14. The molecular weight excluding hydrogens is 362 g/mol. The van der Waals surface area contributed by atoms with Crippen molar-refractivity contribution in [2.75, 3.05) is 31.9 Å². The first-order valence-corrected chi connectivity index (χ1v) is 10.3. The fourth-order valence-electron chi connectivity index (χ4n) is 2.63. The molecule has 0 aliphatic heterocycles. The minimum atomic E-state index is -3.62. The van der Waals surface area contributed by atoms with Crippen molar-refractivity contribution in [2.45, 2.75) is 24.7 Å². The summed E-state index contributed by atoms with van der Waals surface area (Å²) in [6.07, 6.45) is 1.18. The number of carbonyl (C=O) groups excluding carboxylic acids is 1. The van der Waals surface area contributed by atoms with Gasteiger partial charge in [-0.1, -0.05) is 24.3 Å². The number of rotatable bonds is 9. The Bertz CT molecular complexity index is 865. The van der Waals surface area contributed by atoms with Gasteiger partial charge in [-0.15, -0.1) is 0 Å². The number of amides is 1. The van der Waals surface area contributed by atoms with Gasteiger partial charge in [0.1, 0.15) is 0 Å². The van der Waals surface area contributed by atoms with Crippen LogP contribution >= 0.6 is 0 Å². The smallest absolute Gasteiger partial charge is 0.261 e. The van der Waals surface area contributed by atoms with E-state index in [0.29, 0.717) is 12.2 Å². The van der Waals surface area contributed by atoms with Crippen LogP contribution < -0.4 is 10.0 Å². The normalized spacial score (nSPS) is 11.4. The summed E-state index contributed by atoms with van der Waals surface area (Å²) >= 11 is 0. The van der Waals surface area contributed by atoms with Gasteiger partial charge in [-0.3, -0.25) is 9.52 Å². The van der Waals surface area contributed by atoms with E-state index in [1.54, 1.807) is 48.5 Å². The van der Waals surface area contributed by atoms with E-state index in [1.165, 1.54) is 0 Å². The van der Waals surface area contributed by atoms with Gasteiger partial charge in [0.25, 0.3) is 10.0 Å². The fourth-order valence-corrected chi connectivity index (χ4v) is 3.70. The lowest BCUT2D eigenvalue weighted by atomic mass is 10.0. The SMILES string of the molecule is Cc1cc(NS(=O)(=O)c2ccccc2)ccc1CC(=O)NCCCN(C)C. The van der Waals surface area contributed by atoms with E-state index in [4.69, 9.17) is 0 Å². The summed E-state index contributed by atoms with van der Waals surface area (Å²) in [5.74, 6) is -0.0329. The molecule has 2 rings (SSSR count). The van der Waals surface area contributed by atoms with Gasteiger partial charge in [-0.05, 0) is 69.4 Å². The van der Waals surface area contributed by atoms with Crippen molar-refractivity contribution >= 4 is 21.6 Å². The summed E-state index contributed by atoms with van der Waals surface area (Å²) in [4.78, 5) is 14.4. The lowest BCUT2D eigenvalue weighted by Gasteiger charge is -2.12. The van der Waals surface area contributed by atoms with E-state index >= 15 is 0 Å². The molecule has 146 valence electrons. The maximum absolute atomic E-state index is 12.4. The minimum Gasteiger partial charge on any atom is -0.356 e. The molecule has 6 nitrogen and oxygen atoms in total. The molecule has 0 radical (unpaired) electrons. The minimum absolute atomic E-state index is 0.0329. The van der Waals surface area contributed by atoms with Crippen LogP contribution in [0, 0.1) is 6.92 Å². The maximum atomic E-state index is 12.4. The first-order valence-electron chi connectivity index (χ1n) is 8.87. The Morgan fingerprint density at radius 2 is 1.78 bits per heavy atom. The lowest BCUT2D eigenvalue weighted by molar-refractivity contribution is -0.120. The predicted molar refractivity (Wildman–Crippen MR) is 108 cm³/mol. The molecule has 2 aromatic rings. The fraction of sp³-hybridized carbons (Fsp3) is 0.350. The summed E-state index contributed by atoms with van der Waals surface area (Å²) in [6, 6.07) is 13.4. The van der Waals surface area contributed by atoms with Crippen molar-refractivity contribution in [3.8, 4) is 0 Å². The monoisotopic (exact) mass is 389 g/mol. The van der Waals surface area contributed by atoms with Gasteiger partial charge in [0.05, 0.1) is 11.3 Å². The molecule has 0 spiro atoms. The second kappa shape index (κ2) is 9.53. The van der Waals surface area contributed by atoms with Crippen LogP contribution in [0.3, 0.4) is 0 Å². The van der Waals surface area contributed by atoms with Gasteiger partial charge >= 0.3 is 0 Å². The van der Waals surface area contributed by atoms with Crippen molar-refractivity contribution in [1.29, 1.82) is 0 Å². The van der Waals surface area contributed by atoms with Crippen LogP contribution in [0.1, 0.15) is 17.5 Å². The quantitative estimate of drug-likeness (QED) is 0.646. The molecular formula is C20H27N3O3S. The molecule has 0 saturated heterocycles. The second-order valence-electron chi connectivity index (χ2n) is 6.74. The molecule has 0 heterocycles. The van der Waals surface area contributed by atoms with Crippen LogP contribution in [-0.4, -0.2) is 46.4 Å². The first kappa shape index (κ1) is 20.9. The van der Waals surface area contributed by atoms with Crippen molar-refractivity contribution in [2.24, 2.45) is 0 Å². The van der Waals surface area contributed by atoms with Crippen LogP contribution in [0.5, 0.6) is 0 Å². The molecule has 0 aliphatic carbocycles. The number of carbonyl (C=O) groups is 1. The topological polar surface area (TPSA) is 78.5 Å². The number of sulfonamides is 1. The van der Waals surface area contributed by atoms with Gasteiger partial charge in [-0.2, -0.15) is 0 Å². The Balaban J connectivity index is 1.96. The van der Waals surface area contributed by atoms with Crippen molar-refractivity contribution in [1.82, 2.24) is 10.2 Å². The second-order valence-corrected chi connectivity index (χ2v) is 8.43. The van der Waals surface area contributed by atoms with E-state index in [1.807, 2.05) is 21.0 Å². The number of anilines is 1. The molecule has 0 fully saturated rings. The third-order valence-corrected chi connectivity index (χ3v) is 5.50. The Kier molecular flexibility index (Phi) is 7.38. The largest absolute Gasteiger partial charge is 0.356 e. The molecule has 0 saturated carbocycles. The highest BCUT2D eigenvalue weighted by Crippen LogP contribution is 2.19. The van der Waals surface area contributed by atoms with Crippen LogP contribution in [0.15, 0.2) is 53.4 Å². The number of benzene rings is 2. The Morgan fingerprint density at radius 3 is 2.41 bits per heavy atom. The zero-order chi connectivity index (χ0) is 19.9. The van der Waals surface area contributed by atoms with Gasteiger partial charge in [0.15, 0.2) is 0 Å². The molecule has 1 amide bonds. The summed E-state index contributed by atoms with van der Waals surface area (Å²) in [7, 11) is 0.376. The van der Waals surface area contributed by atoms with Gasteiger partial charge in [0, 0.05) is 12.2 Å². The van der Waals surface area contributed by atoms with E-state index in [2.05, 4.69) is 14.9 Å². The van der Waals surface area contributed by atoms with E-state index < -0.39 is 10.0 Å². The van der Waals surface area contributed by atoms with E-state index in [9.17, 15) is 13.2 Å². The molecule has 0 aromatic heterocycles. The average Bonchev–Trinajstić information content (AvgIpc) is 2.61. The van der Waals surface area contributed by atoms with Crippen LogP contribution in [0.25, 0.3) is 0 Å². The van der Waals surface area contributed by atoms with Crippen molar-refractivity contribution in [3.05, 3.63) is 59.7 Å². The van der Waals surface area contributed by atoms with Gasteiger partial charge in [-0.25, -0.2) is 8.42 Å². The van der Waals surface area contributed by atoms with Crippen LogP contribution in [-0.2, 0) is 21.2 Å². The standard InChI is InChI=1S/C20H27N3O3S/c1-16-14-18(22-27(25,26)19-8-5-4-6-9-19)11-10-17(16)15-20(24)21-12-7-13-23(2)3/h4-6,8-11,14,22H,7,12-13,15H2,1-3H3,(H,21,24). The van der Waals surface area contributed by atoms with Gasteiger partial charge in [0.2, 0.25) is 5.91 Å². The molecule has 27 heavy (non-hydrogen) atoms. The zero-order valence-electron chi connectivity index (χ0n) is 16.0. The maximum Gasteiger partial charge on any atom is 0.261 e. The number of nitrogens with one attached hydrogen (secondary N) is 2. The van der Waals surface area contributed by atoms with Crippen molar-refractivity contribution < 1.29 is 13.2 Å². The molecule has 2 aromatic carbocycles. The zero-order valence-corrected chi connectivity index (χ0v) is 16.8. The molecule has 0 bridgehead atoms. The van der Waals surface area contributed by atoms with Gasteiger partial charge < -0.3 is 10.2 Å². The number of aryl methyl sites for hydroxylation is 1.